The first-order valence-electron chi connectivity index (χ1n) is 3.73. The zero-order chi connectivity index (χ0) is 9.56. The van der Waals surface area contributed by atoms with Gasteiger partial charge in [-0.25, -0.2) is 0 Å². The fourth-order valence-electron chi connectivity index (χ4n) is 0.468. The van der Waals surface area contributed by atoms with E-state index in [-0.39, 0.29) is 12.6 Å². The molecule has 0 radical (unpaired) electrons. The highest BCUT2D eigenvalue weighted by Gasteiger charge is 2.01. The molecule has 0 rings (SSSR count). The molecule has 0 atom stereocenters. The lowest BCUT2D eigenvalue weighted by atomic mass is 10.2. The van der Waals surface area contributed by atoms with Gasteiger partial charge in [0.15, 0.2) is 12.6 Å². The van der Waals surface area contributed by atoms with Crippen LogP contribution in [0.15, 0.2) is 12.3 Å². The van der Waals surface area contributed by atoms with Gasteiger partial charge in [-0.05, 0) is 5.92 Å². The molecule has 12 heavy (non-hydrogen) atoms. The van der Waals surface area contributed by atoms with Crippen molar-refractivity contribution in [1.82, 2.24) is 0 Å². The first-order valence-corrected chi connectivity index (χ1v) is 3.73. The third kappa shape index (κ3) is 5.73. The Balaban J connectivity index is 3.32. The Morgan fingerprint density at radius 3 is 2.58 bits per heavy atom. The molecule has 2 N–H and O–H groups in total. The highest BCUT2D eigenvalue weighted by Crippen LogP contribution is 1.95. The van der Waals surface area contributed by atoms with Crippen molar-refractivity contribution in [2.75, 3.05) is 13.4 Å². The van der Waals surface area contributed by atoms with Gasteiger partial charge in [-0.3, -0.25) is 4.79 Å². The fourth-order valence-corrected chi connectivity index (χ4v) is 0.468. The standard InChI is InChI=1S/C8H15NO3/c1-6(2)4-11-5-12-7(3)8(9)10/h6H,3-5H2,1-2H3,(H2,9,10). The minimum atomic E-state index is -0.664. The van der Waals surface area contributed by atoms with E-state index >= 15 is 0 Å². The molecular formula is C8H15NO3. The van der Waals surface area contributed by atoms with Crippen LogP contribution in [-0.2, 0) is 14.3 Å². The Labute approximate surface area is 72.3 Å². The molecule has 0 aromatic heterocycles. The van der Waals surface area contributed by atoms with Crippen LogP contribution in [0, 0.1) is 5.92 Å². The molecule has 0 bridgehead atoms. The minimum absolute atomic E-state index is 0.0277. The van der Waals surface area contributed by atoms with Gasteiger partial charge >= 0.3 is 0 Å². The van der Waals surface area contributed by atoms with E-state index in [0.717, 1.165) is 0 Å². The summed E-state index contributed by atoms with van der Waals surface area (Å²) in [5.74, 6) is -0.294. The topological polar surface area (TPSA) is 61.6 Å². The predicted octanol–water partition coefficient (Wildman–Crippen LogP) is 0.632. The van der Waals surface area contributed by atoms with Crippen molar-refractivity contribution in [3.63, 3.8) is 0 Å². The van der Waals surface area contributed by atoms with Crippen LogP contribution < -0.4 is 5.73 Å². The summed E-state index contributed by atoms with van der Waals surface area (Å²) in [4.78, 5) is 10.4. The van der Waals surface area contributed by atoms with Crippen molar-refractivity contribution >= 4 is 5.91 Å². The van der Waals surface area contributed by atoms with Crippen LogP contribution in [0.25, 0.3) is 0 Å². The summed E-state index contributed by atoms with van der Waals surface area (Å²) >= 11 is 0. The van der Waals surface area contributed by atoms with E-state index in [2.05, 4.69) is 6.58 Å². The average Bonchev–Trinajstić information content (AvgIpc) is 1.97. The van der Waals surface area contributed by atoms with E-state index in [4.69, 9.17) is 15.2 Å². The fraction of sp³-hybridized carbons (Fsp3) is 0.625. The van der Waals surface area contributed by atoms with Crippen molar-refractivity contribution in [1.29, 1.82) is 0 Å². The third-order valence-electron chi connectivity index (χ3n) is 1.04. The Morgan fingerprint density at radius 1 is 1.58 bits per heavy atom. The van der Waals surface area contributed by atoms with E-state index < -0.39 is 5.91 Å². The lowest BCUT2D eigenvalue weighted by Crippen LogP contribution is -2.17. The Hall–Kier alpha value is -1.03. The largest absolute Gasteiger partial charge is 0.462 e. The Morgan fingerprint density at radius 2 is 2.17 bits per heavy atom. The quantitative estimate of drug-likeness (QED) is 0.277. The van der Waals surface area contributed by atoms with E-state index in [0.29, 0.717) is 12.5 Å². The zero-order valence-corrected chi connectivity index (χ0v) is 7.50. The number of carbonyl (C=O) groups is 1. The second-order valence-corrected chi connectivity index (χ2v) is 2.81. The molecule has 0 heterocycles. The number of primary amides is 1. The number of hydrogen-bond donors (Lipinski definition) is 1. The molecule has 70 valence electrons. The molecule has 0 unspecified atom stereocenters. The first kappa shape index (κ1) is 11.0. The van der Waals surface area contributed by atoms with Crippen LogP contribution in [0.2, 0.25) is 0 Å². The third-order valence-corrected chi connectivity index (χ3v) is 1.04. The van der Waals surface area contributed by atoms with Crippen molar-refractivity contribution in [2.24, 2.45) is 11.7 Å². The monoisotopic (exact) mass is 173 g/mol. The summed E-state index contributed by atoms with van der Waals surface area (Å²) in [6.45, 7) is 7.94. The molecule has 0 aliphatic heterocycles. The van der Waals surface area contributed by atoms with Crippen LogP contribution >= 0.6 is 0 Å². The van der Waals surface area contributed by atoms with Crippen LogP contribution in [0.5, 0.6) is 0 Å². The SMILES string of the molecule is C=C(OCOCC(C)C)C(N)=O. The lowest BCUT2D eigenvalue weighted by Gasteiger charge is -2.08. The smallest absolute Gasteiger partial charge is 0.283 e. The maximum Gasteiger partial charge on any atom is 0.283 e. The van der Waals surface area contributed by atoms with Crippen molar-refractivity contribution in [2.45, 2.75) is 13.8 Å². The molecule has 0 saturated carbocycles. The highest BCUT2D eigenvalue weighted by molar-refractivity contribution is 5.89. The molecule has 0 aliphatic carbocycles. The molecule has 0 saturated heterocycles. The Bertz CT molecular complexity index is 166. The molecule has 4 nitrogen and oxygen atoms in total. The van der Waals surface area contributed by atoms with Gasteiger partial charge in [-0.2, -0.15) is 0 Å². The molecule has 1 amide bonds. The molecular weight excluding hydrogens is 158 g/mol. The number of amides is 1. The summed E-state index contributed by atoms with van der Waals surface area (Å²) in [7, 11) is 0. The summed E-state index contributed by atoms with van der Waals surface area (Å²) < 4.78 is 9.79. The van der Waals surface area contributed by atoms with Crippen molar-refractivity contribution in [3.8, 4) is 0 Å². The molecule has 0 fully saturated rings. The van der Waals surface area contributed by atoms with E-state index in [1.807, 2.05) is 13.8 Å². The van der Waals surface area contributed by atoms with Gasteiger partial charge in [-0.1, -0.05) is 20.4 Å². The number of hydrogen-bond acceptors (Lipinski definition) is 3. The van der Waals surface area contributed by atoms with Crippen LogP contribution in [0.4, 0.5) is 0 Å². The van der Waals surface area contributed by atoms with Gasteiger partial charge in [0.25, 0.3) is 5.91 Å². The van der Waals surface area contributed by atoms with Gasteiger partial charge in [0.2, 0.25) is 0 Å². The number of rotatable bonds is 6. The number of nitrogens with two attached hydrogens (primary N) is 1. The summed E-state index contributed by atoms with van der Waals surface area (Å²) in [6.07, 6.45) is 0. The van der Waals surface area contributed by atoms with Crippen molar-refractivity contribution < 1.29 is 14.3 Å². The molecule has 0 spiro atoms. The summed E-state index contributed by atoms with van der Waals surface area (Å²) in [5, 5.41) is 0. The van der Waals surface area contributed by atoms with E-state index in [1.165, 1.54) is 0 Å². The number of carbonyl (C=O) groups excluding carboxylic acids is 1. The van der Waals surface area contributed by atoms with E-state index in [1.54, 1.807) is 0 Å². The predicted molar refractivity (Wildman–Crippen MR) is 45.1 cm³/mol. The van der Waals surface area contributed by atoms with Gasteiger partial charge < -0.3 is 15.2 Å². The number of ether oxygens (including phenoxy) is 2. The molecule has 0 aromatic rings. The normalized spacial score (nSPS) is 9.92. The van der Waals surface area contributed by atoms with Gasteiger partial charge in [-0.15, -0.1) is 0 Å². The van der Waals surface area contributed by atoms with Gasteiger partial charge in [0, 0.05) is 0 Å². The summed E-state index contributed by atoms with van der Waals surface area (Å²) in [5.41, 5.74) is 4.86. The molecule has 4 heteroatoms. The molecule has 0 aliphatic rings. The lowest BCUT2D eigenvalue weighted by molar-refractivity contribution is -0.121. The average molecular weight is 173 g/mol. The van der Waals surface area contributed by atoms with Gasteiger partial charge in [0.05, 0.1) is 6.61 Å². The minimum Gasteiger partial charge on any atom is -0.462 e. The maximum absolute atomic E-state index is 10.4. The highest BCUT2D eigenvalue weighted by atomic mass is 16.7. The first-order chi connectivity index (χ1) is 5.54. The second-order valence-electron chi connectivity index (χ2n) is 2.81. The van der Waals surface area contributed by atoms with Crippen LogP contribution in [0.3, 0.4) is 0 Å². The van der Waals surface area contributed by atoms with Crippen LogP contribution in [-0.4, -0.2) is 19.3 Å². The maximum atomic E-state index is 10.4. The summed E-state index contributed by atoms with van der Waals surface area (Å²) in [6, 6.07) is 0. The second kappa shape index (κ2) is 5.60. The van der Waals surface area contributed by atoms with Crippen LogP contribution in [0.1, 0.15) is 13.8 Å². The zero-order valence-electron chi connectivity index (χ0n) is 7.50. The van der Waals surface area contributed by atoms with Gasteiger partial charge in [0.1, 0.15) is 0 Å². The molecule has 0 aromatic carbocycles. The van der Waals surface area contributed by atoms with E-state index in [9.17, 15) is 4.79 Å². The van der Waals surface area contributed by atoms with Crippen molar-refractivity contribution in [3.05, 3.63) is 12.3 Å². The Kier molecular flexibility index (Phi) is 5.12.